The second kappa shape index (κ2) is 5.53. The van der Waals surface area contributed by atoms with E-state index in [-0.39, 0.29) is 5.75 Å². The van der Waals surface area contributed by atoms with Gasteiger partial charge in [-0.05, 0) is 32.9 Å². The Morgan fingerprint density at radius 3 is 2.35 bits per heavy atom. The van der Waals surface area contributed by atoms with Crippen molar-refractivity contribution in [3.63, 3.8) is 0 Å². The van der Waals surface area contributed by atoms with E-state index in [1.54, 1.807) is 7.05 Å². The first-order valence-electron chi connectivity index (χ1n) is 5.47. The summed E-state index contributed by atoms with van der Waals surface area (Å²) in [5, 5.41) is 2.77. The van der Waals surface area contributed by atoms with Crippen LogP contribution < -0.4 is 5.32 Å². The van der Waals surface area contributed by atoms with Crippen molar-refractivity contribution in [1.29, 1.82) is 0 Å². The summed E-state index contributed by atoms with van der Waals surface area (Å²) in [7, 11) is -2.12. The molecule has 0 radical (unpaired) electrons. The highest BCUT2D eigenvalue weighted by Crippen LogP contribution is 2.32. The van der Waals surface area contributed by atoms with Crippen LogP contribution in [0.2, 0.25) is 0 Å². The molecule has 1 saturated carbocycles. The Labute approximate surface area is 99.2 Å². The van der Waals surface area contributed by atoms with Gasteiger partial charge in [-0.15, -0.1) is 0 Å². The van der Waals surface area contributed by atoms with Gasteiger partial charge in [0.05, 0.1) is 5.75 Å². The fourth-order valence-electron chi connectivity index (χ4n) is 1.54. The predicted molar refractivity (Wildman–Crippen MR) is 58.1 cm³/mol. The zero-order valence-electron chi connectivity index (χ0n) is 9.63. The molecule has 1 fully saturated rings. The van der Waals surface area contributed by atoms with Crippen LogP contribution >= 0.6 is 0 Å². The summed E-state index contributed by atoms with van der Waals surface area (Å²) in [6.07, 6.45) is -3.10. The predicted octanol–water partition coefficient (Wildman–Crippen LogP) is 0.952. The van der Waals surface area contributed by atoms with Crippen molar-refractivity contribution in [1.82, 2.24) is 9.62 Å². The van der Waals surface area contributed by atoms with Crippen molar-refractivity contribution in [2.24, 2.45) is 0 Å². The maximum Gasteiger partial charge on any atom is 0.402 e. The van der Waals surface area contributed by atoms with E-state index in [0.717, 1.165) is 0 Å². The summed E-state index contributed by atoms with van der Waals surface area (Å²) in [5.74, 6) is -0.236. The van der Waals surface area contributed by atoms with Crippen LogP contribution in [-0.2, 0) is 10.0 Å². The molecule has 1 aliphatic rings. The van der Waals surface area contributed by atoms with E-state index in [2.05, 4.69) is 5.32 Å². The van der Waals surface area contributed by atoms with Gasteiger partial charge in [-0.3, -0.25) is 0 Å². The first-order valence-corrected chi connectivity index (χ1v) is 7.08. The molecule has 0 spiro atoms. The van der Waals surface area contributed by atoms with Crippen LogP contribution in [0.15, 0.2) is 0 Å². The van der Waals surface area contributed by atoms with Crippen LogP contribution in [0.25, 0.3) is 0 Å². The van der Waals surface area contributed by atoms with E-state index in [9.17, 15) is 21.6 Å². The molecule has 0 aromatic rings. The van der Waals surface area contributed by atoms with Crippen molar-refractivity contribution in [3.05, 3.63) is 0 Å². The summed E-state index contributed by atoms with van der Waals surface area (Å²) >= 11 is 0. The summed E-state index contributed by atoms with van der Waals surface area (Å²) in [5.41, 5.74) is 0. The molecular formula is C9H17F3N2O2S. The Morgan fingerprint density at radius 2 is 1.94 bits per heavy atom. The van der Waals surface area contributed by atoms with Crippen LogP contribution in [0.4, 0.5) is 13.2 Å². The second-order valence-electron chi connectivity index (χ2n) is 4.16. The summed E-state index contributed by atoms with van der Waals surface area (Å²) < 4.78 is 61.0. The van der Waals surface area contributed by atoms with Gasteiger partial charge in [0.1, 0.15) is 6.54 Å². The number of rotatable bonds is 7. The Hall–Kier alpha value is -0.340. The summed E-state index contributed by atoms with van der Waals surface area (Å²) in [4.78, 5) is 0. The first kappa shape index (κ1) is 14.7. The molecule has 1 aliphatic carbocycles. The number of halogens is 3. The first-order chi connectivity index (χ1) is 7.76. The molecule has 8 heteroatoms. The van der Waals surface area contributed by atoms with E-state index in [1.165, 1.54) is 0 Å². The lowest BCUT2D eigenvalue weighted by atomic mass is 10.5. The monoisotopic (exact) mass is 274 g/mol. The standard InChI is InChI=1S/C9H17F3N2O2S/c1-13-5-2-6-17(15,16)14(8-3-4-8)7-9(10,11)12/h8,13H,2-7H2,1H3. The molecule has 0 atom stereocenters. The lowest BCUT2D eigenvalue weighted by Gasteiger charge is -2.23. The van der Waals surface area contributed by atoms with Gasteiger partial charge in [0.15, 0.2) is 0 Å². The fraction of sp³-hybridized carbons (Fsp3) is 1.00. The van der Waals surface area contributed by atoms with Gasteiger partial charge in [-0.2, -0.15) is 17.5 Å². The van der Waals surface area contributed by atoms with E-state index in [4.69, 9.17) is 0 Å². The molecule has 0 unspecified atom stereocenters. The highest BCUT2D eigenvalue weighted by Gasteiger charge is 2.43. The smallest absolute Gasteiger partial charge is 0.320 e. The quantitative estimate of drug-likeness (QED) is 0.703. The fourth-order valence-corrected chi connectivity index (χ4v) is 3.29. The molecule has 102 valence electrons. The van der Waals surface area contributed by atoms with Crippen LogP contribution in [0.5, 0.6) is 0 Å². The Balaban J connectivity index is 2.62. The normalized spacial score (nSPS) is 17.7. The Morgan fingerprint density at radius 1 is 1.35 bits per heavy atom. The molecule has 0 aromatic carbocycles. The maximum atomic E-state index is 12.3. The van der Waals surface area contributed by atoms with Crippen LogP contribution in [0, 0.1) is 0 Å². The summed E-state index contributed by atoms with van der Waals surface area (Å²) in [6, 6.07) is -0.448. The molecular weight excluding hydrogens is 257 g/mol. The number of alkyl halides is 3. The number of sulfonamides is 1. The van der Waals surface area contributed by atoms with Gasteiger partial charge in [0.25, 0.3) is 0 Å². The molecule has 0 heterocycles. The number of nitrogens with zero attached hydrogens (tertiary/aromatic N) is 1. The van der Waals surface area contributed by atoms with Gasteiger partial charge in [-0.1, -0.05) is 0 Å². The second-order valence-corrected chi connectivity index (χ2v) is 6.21. The van der Waals surface area contributed by atoms with Crippen LogP contribution in [0.3, 0.4) is 0 Å². The van der Waals surface area contributed by atoms with E-state index in [0.29, 0.717) is 30.1 Å². The third kappa shape index (κ3) is 5.22. The van der Waals surface area contributed by atoms with Gasteiger partial charge in [-0.25, -0.2) is 8.42 Å². The van der Waals surface area contributed by atoms with Gasteiger partial charge < -0.3 is 5.32 Å². The molecule has 4 nitrogen and oxygen atoms in total. The Kier molecular flexibility index (Phi) is 4.79. The molecule has 0 aliphatic heterocycles. The molecule has 0 aromatic heterocycles. The van der Waals surface area contributed by atoms with Crippen LogP contribution in [0.1, 0.15) is 19.3 Å². The highest BCUT2D eigenvalue weighted by molar-refractivity contribution is 7.89. The van der Waals surface area contributed by atoms with E-state index < -0.39 is 28.8 Å². The maximum absolute atomic E-state index is 12.3. The third-order valence-corrected chi connectivity index (χ3v) is 4.42. The van der Waals surface area contributed by atoms with E-state index >= 15 is 0 Å². The molecule has 17 heavy (non-hydrogen) atoms. The van der Waals surface area contributed by atoms with Gasteiger partial charge in [0.2, 0.25) is 10.0 Å². The minimum Gasteiger partial charge on any atom is -0.320 e. The topological polar surface area (TPSA) is 49.4 Å². The third-order valence-electron chi connectivity index (χ3n) is 2.48. The van der Waals surface area contributed by atoms with Crippen LogP contribution in [-0.4, -0.2) is 50.8 Å². The van der Waals surface area contributed by atoms with Crippen molar-refractivity contribution < 1.29 is 21.6 Å². The lowest BCUT2D eigenvalue weighted by Crippen LogP contribution is -2.42. The molecule has 1 rings (SSSR count). The highest BCUT2D eigenvalue weighted by atomic mass is 32.2. The van der Waals surface area contributed by atoms with Gasteiger partial charge >= 0.3 is 6.18 Å². The van der Waals surface area contributed by atoms with Gasteiger partial charge in [0, 0.05) is 6.04 Å². The number of hydrogen-bond acceptors (Lipinski definition) is 3. The minimum absolute atomic E-state index is 0.236. The molecule has 1 N–H and O–H groups in total. The average Bonchev–Trinajstić information content (AvgIpc) is 2.96. The molecule has 0 bridgehead atoms. The SMILES string of the molecule is CNCCCS(=O)(=O)N(CC(F)(F)F)C1CC1. The molecule has 0 saturated heterocycles. The number of hydrogen-bond donors (Lipinski definition) is 1. The van der Waals surface area contributed by atoms with Crippen molar-refractivity contribution in [3.8, 4) is 0 Å². The van der Waals surface area contributed by atoms with Crippen molar-refractivity contribution in [2.45, 2.75) is 31.5 Å². The summed E-state index contributed by atoms with van der Waals surface area (Å²) in [6.45, 7) is -0.886. The van der Waals surface area contributed by atoms with Crippen molar-refractivity contribution >= 4 is 10.0 Å². The largest absolute Gasteiger partial charge is 0.402 e. The zero-order chi connectivity index (χ0) is 13.1. The van der Waals surface area contributed by atoms with E-state index in [1.807, 2.05) is 0 Å². The van der Waals surface area contributed by atoms with Crippen molar-refractivity contribution in [2.75, 3.05) is 25.9 Å². The number of nitrogens with one attached hydrogen (secondary N) is 1. The minimum atomic E-state index is -4.47. The zero-order valence-corrected chi connectivity index (χ0v) is 10.4. The Bertz CT molecular complexity index is 339. The lowest BCUT2D eigenvalue weighted by molar-refractivity contribution is -0.136. The molecule has 0 amide bonds. The average molecular weight is 274 g/mol.